The van der Waals surface area contributed by atoms with Crippen LogP contribution in [0.15, 0.2) is 59.7 Å². The van der Waals surface area contributed by atoms with E-state index in [-0.39, 0.29) is 5.88 Å². The van der Waals surface area contributed by atoms with E-state index in [9.17, 15) is 0 Å². The molecule has 0 spiro atoms. The van der Waals surface area contributed by atoms with Crippen LogP contribution in [0.1, 0.15) is 0 Å². The molecule has 1 aliphatic carbocycles. The van der Waals surface area contributed by atoms with Gasteiger partial charge in [-0.05, 0) is 23.8 Å². The summed E-state index contributed by atoms with van der Waals surface area (Å²) in [6.07, 6.45) is 13.3. The number of rotatable bonds is 0. The van der Waals surface area contributed by atoms with Gasteiger partial charge in [0, 0.05) is 5.70 Å². The Morgan fingerprint density at radius 3 is 2.83 bits per heavy atom. The van der Waals surface area contributed by atoms with Crippen LogP contribution >= 0.6 is 0 Å². The molecule has 1 heterocycles. The maximum Gasteiger partial charge on any atom is 0.188 e. The Morgan fingerprint density at radius 1 is 1.00 bits per heavy atom. The Balaban J connectivity index is 2.43. The van der Waals surface area contributed by atoms with E-state index in [1.165, 1.54) is 0 Å². The number of aliphatic hydroxyl groups excluding tert-OH is 1. The van der Waals surface area contributed by atoms with Crippen LogP contribution in [0.3, 0.4) is 0 Å². The van der Waals surface area contributed by atoms with Crippen molar-refractivity contribution in [3.63, 3.8) is 0 Å². The monoisotopic (exact) mass is 159 g/mol. The molecular weight excluding hydrogens is 150 g/mol. The Morgan fingerprint density at radius 2 is 1.92 bits per heavy atom. The van der Waals surface area contributed by atoms with E-state index >= 15 is 0 Å². The number of nitrogens with one attached hydrogen (secondary N) is 1. The SMILES string of the molecule is OC1=CC=C2C=CC=CC=C2N1. The molecule has 0 saturated heterocycles. The quantitative estimate of drug-likeness (QED) is 0.566. The first-order valence-corrected chi connectivity index (χ1v) is 3.79. The minimum atomic E-state index is 0.189. The first kappa shape index (κ1) is 6.98. The highest BCUT2D eigenvalue weighted by Crippen LogP contribution is 2.16. The molecule has 2 nitrogen and oxygen atoms in total. The van der Waals surface area contributed by atoms with E-state index in [0.29, 0.717) is 0 Å². The van der Waals surface area contributed by atoms with E-state index in [2.05, 4.69) is 5.32 Å². The number of hydrogen-bond donors (Lipinski definition) is 2. The molecule has 0 saturated carbocycles. The summed E-state index contributed by atoms with van der Waals surface area (Å²) in [4.78, 5) is 0. The van der Waals surface area contributed by atoms with Gasteiger partial charge in [-0.1, -0.05) is 24.3 Å². The fraction of sp³-hybridized carbons (Fsp3) is 0. The lowest BCUT2D eigenvalue weighted by Gasteiger charge is -2.13. The van der Waals surface area contributed by atoms with Crippen molar-refractivity contribution in [3.8, 4) is 0 Å². The first-order valence-electron chi connectivity index (χ1n) is 3.79. The zero-order valence-electron chi connectivity index (χ0n) is 6.49. The lowest BCUT2D eigenvalue weighted by Crippen LogP contribution is -2.16. The third kappa shape index (κ3) is 1.19. The van der Waals surface area contributed by atoms with Crippen LogP contribution in [-0.4, -0.2) is 5.11 Å². The van der Waals surface area contributed by atoms with Gasteiger partial charge in [0.2, 0.25) is 0 Å². The topological polar surface area (TPSA) is 32.3 Å². The van der Waals surface area contributed by atoms with Gasteiger partial charge in [0.1, 0.15) is 0 Å². The Bertz CT molecular complexity index is 343. The molecule has 0 unspecified atom stereocenters. The number of dihydropyridines is 1. The van der Waals surface area contributed by atoms with Crippen LogP contribution in [0.4, 0.5) is 0 Å². The fourth-order valence-electron chi connectivity index (χ4n) is 1.17. The zero-order valence-corrected chi connectivity index (χ0v) is 6.49. The van der Waals surface area contributed by atoms with E-state index in [1.807, 2.05) is 36.5 Å². The second kappa shape index (κ2) is 2.74. The summed E-state index contributed by atoms with van der Waals surface area (Å²) < 4.78 is 0. The highest BCUT2D eigenvalue weighted by molar-refractivity contribution is 5.49. The molecule has 0 atom stereocenters. The van der Waals surface area contributed by atoms with Gasteiger partial charge in [-0.25, -0.2) is 0 Å². The van der Waals surface area contributed by atoms with Crippen molar-refractivity contribution < 1.29 is 5.11 Å². The van der Waals surface area contributed by atoms with Crippen LogP contribution in [-0.2, 0) is 0 Å². The standard InChI is InChI=1S/C10H9NO/c12-10-7-6-8-4-2-1-3-5-9(8)11-10/h1-7,11-12H. The van der Waals surface area contributed by atoms with Gasteiger partial charge in [-0.2, -0.15) is 0 Å². The number of allylic oxidation sites excluding steroid dienone is 7. The Kier molecular flexibility index (Phi) is 1.59. The lowest BCUT2D eigenvalue weighted by atomic mass is 10.1. The van der Waals surface area contributed by atoms with Crippen molar-refractivity contribution in [2.75, 3.05) is 0 Å². The zero-order chi connectivity index (χ0) is 8.39. The van der Waals surface area contributed by atoms with E-state index < -0.39 is 0 Å². The van der Waals surface area contributed by atoms with Crippen molar-refractivity contribution in [1.82, 2.24) is 5.32 Å². The van der Waals surface area contributed by atoms with Gasteiger partial charge < -0.3 is 10.4 Å². The maximum absolute atomic E-state index is 9.16. The summed E-state index contributed by atoms with van der Waals surface area (Å²) in [5.74, 6) is 0.189. The van der Waals surface area contributed by atoms with Gasteiger partial charge in [0.25, 0.3) is 0 Å². The number of hydrogen-bond acceptors (Lipinski definition) is 2. The van der Waals surface area contributed by atoms with Crippen LogP contribution < -0.4 is 5.32 Å². The summed E-state index contributed by atoms with van der Waals surface area (Å²) in [6.45, 7) is 0. The molecule has 0 aromatic carbocycles. The minimum Gasteiger partial charge on any atom is -0.495 e. The average Bonchev–Trinajstić information content (AvgIpc) is 2.28. The number of aliphatic hydroxyl groups is 1. The van der Waals surface area contributed by atoms with Crippen molar-refractivity contribution >= 4 is 0 Å². The van der Waals surface area contributed by atoms with Crippen molar-refractivity contribution in [3.05, 3.63) is 59.7 Å². The van der Waals surface area contributed by atoms with Crippen LogP contribution in [0, 0.1) is 0 Å². The van der Waals surface area contributed by atoms with Gasteiger partial charge in [0.05, 0.1) is 0 Å². The molecule has 2 aliphatic rings. The van der Waals surface area contributed by atoms with Gasteiger partial charge in [-0.3, -0.25) is 0 Å². The minimum absolute atomic E-state index is 0.189. The highest BCUT2D eigenvalue weighted by atomic mass is 16.3. The van der Waals surface area contributed by atoms with Crippen LogP contribution in [0.25, 0.3) is 0 Å². The molecule has 0 aromatic rings. The molecule has 12 heavy (non-hydrogen) atoms. The molecule has 0 bridgehead atoms. The average molecular weight is 159 g/mol. The fourth-order valence-corrected chi connectivity index (χ4v) is 1.17. The maximum atomic E-state index is 9.16. The van der Waals surface area contributed by atoms with Gasteiger partial charge >= 0.3 is 0 Å². The summed E-state index contributed by atoms with van der Waals surface area (Å²) in [5.41, 5.74) is 2.01. The van der Waals surface area contributed by atoms with Crippen LogP contribution in [0.5, 0.6) is 0 Å². The van der Waals surface area contributed by atoms with Crippen LogP contribution in [0.2, 0.25) is 0 Å². The largest absolute Gasteiger partial charge is 0.495 e. The van der Waals surface area contributed by atoms with E-state index in [1.54, 1.807) is 6.08 Å². The van der Waals surface area contributed by atoms with E-state index in [0.717, 1.165) is 11.3 Å². The predicted molar refractivity (Wildman–Crippen MR) is 48.3 cm³/mol. The molecule has 1 aliphatic heterocycles. The predicted octanol–water partition coefficient (Wildman–Crippen LogP) is 1.93. The smallest absolute Gasteiger partial charge is 0.188 e. The Labute approximate surface area is 70.9 Å². The normalized spacial score (nSPS) is 19.8. The second-order valence-electron chi connectivity index (χ2n) is 2.62. The second-order valence-corrected chi connectivity index (χ2v) is 2.62. The lowest BCUT2D eigenvalue weighted by molar-refractivity contribution is 0.377. The molecular formula is C10H9NO. The first-order chi connectivity index (χ1) is 5.86. The Hall–Kier alpha value is -1.70. The summed E-state index contributed by atoms with van der Waals surface area (Å²) in [7, 11) is 0. The molecule has 60 valence electrons. The third-order valence-electron chi connectivity index (χ3n) is 1.76. The molecule has 0 fully saturated rings. The molecule has 0 amide bonds. The van der Waals surface area contributed by atoms with Gasteiger partial charge in [-0.15, -0.1) is 0 Å². The van der Waals surface area contributed by atoms with Crippen molar-refractivity contribution in [2.45, 2.75) is 0 Å². The molecule has 0 aromatic heterocycles. The van der Waals surface area contributed by atoms with Gasteiger partial charge in [0.15, 0.2) is 5.88 Å². The molecule has 0 radical (unpaired) electrons. The molecule has 2 rings (SSSR count). The highest BCUT2D eigenvalue weighted by Gasteiger charge is 2.07. The van der Waals surface area contributed by atoms with Crippen molar-refractivity contribution in [1.29, 1.82) is 0 Å². The van der Waals surface area contributed by atoms with Crippen molar-refractivity contribution in [2.24, 2.45) is 0 Å². The van der Waals surface area contributed by atoms with E-state index in [4.69, 9.17) is 5.11 Å². The number of fused-ring (bicyclic) bond motifs is 1. The summed E-state index contributed by atoms with van der Waals surface area (Å²) in [5, 5.41) is 12.0. The molecule has 2 heteroatoms. The summed E-state index contributed by atoms with van der Waals surface area (Å²) >= 11 is 0. The third-order valence-corrected chi connectivity index (χ3v) is 1.76. The summed E-state index contributed by atoms with van der Waals surface area (Å²) in [6, 6.07) is 0. The molecule has 2 N–H and O–H groups in total.